The van der Waals surface area contributed by atoms with Gasteiger partial charge in [0.05, 0.1) is 24.7 Å². The highest BCUT2D eigenvalue weighted by molar-refractivity contribution is 5.96. The fourth-order valence-corrected chi connectivity index (χ4v) is 2.49. The molecule has 3 rings (SSSR count). The van der Waals surface area contributed by atoms with Crippen LogP contribution in [0.1, 0.15) is 5.56 Å². The van der Waals surface area contributed by atoms with Crippen LogP contribution in [0.25, 0.3) is 10.9 Å². The fourth-order valence-electron chi connectivity index (χ4n) is 2.49. The van der Waals surface area contributed by atoms with Crippen molar-refractivity contribution >= 4 is 22.5 Å². The normalized spacial score (nSPS) is 10.6. The summed E-state index contributed by atoms with van der Waals surface area (Å²) in [4.78, 5) is 12.2. The molecule has 0 spiro atoms. The molecule has 1 aromatic heterocycles. The van der Waals surface area contributed by atoms with Crippen LogP contribution in [-0.4, -0.2) is 23.0 Å². The van der Waals surface area contributed by atoms with Crippen molar-refractivity contribution in [2.75, 3.05) is 12.4 Å². The number of para-hydroxylation sites is 3. The lowest BCUT2D eigenvalue weighted by atomic mass is 10.1. The summed E-state index contributed by atoms with van der Waals surface area (Å²) in [7, 11) is 1.56. The molecule has 0 saturated carbocycles. The van der Waals surface area contributed by atoms with E-state index in [2.05, 4.69) is 5.32 Å². The van der Waals surface area contributed by atoms with E-state index in [4.69, 9.17) is 4.74 Å². The number of methoxy groups -OCH3 is 1. The third kappa shape index (κ3) is 2.61. The van der Waals surface area contributed by atoms with Gasteiger partial charge in [-0.3, -0.25) is 4.79 Å². The van der Waals surface area contributed by atoms with Gasteiger partial charge in [0.2, 0.25) is 5.91 Å². The molecule has 5 heteroatoms. The lowest BCUT2D eigenvalue weighted by molar-refractivity contribution is -0.115. The third-order valence-corrected chi connectivity index (χ3v) is 3.51. The van der Waals surface area contributed by atoms with E-state index >= 15 is 0 Å². The van der Waals surface area contributed by atoms with Crippen molar-refractivity contribution in [3.63, 3.8) is 0 Å². The van der Waals surface area contributed by atoms with Crippen LogP contribution in [0.5, 0.6) is 5.75 Å². The van der Waals surface area contributed by atoms with E-state index in [1.54, 1.807) is 31.5 Å². The van der Waals surface area contributed by atoms with E-state index in [-0.39, 0.29) is 12.3 Å². The van der Waals surface area contributed by atoms with Crippen LogP contribution in [0.15, 0.2) is 54.7 Å². The zero-order valence-electron chi connectivity index (χ0n) is 12.1. The highest BCUT2D eigenvalue weighted by Gasteiger charge is 2.12. The van der Waals surface area contributed by atoms with E-state index in [1.165, 1.54) is 0 Å². The van der Waals surface area contributed by atoms with E-state index < -0.39 is 0 Å². The predicted octanol–water partition coefficient (Wildman–Crippen LogP) is 3.07. The van der Waals surface area contributed by atoms with Crippen molar-refractivity contribution in [3.05, 3.63) is 60.3 Å². The van der Waals surface area contributed by atoms with Crippen LogP contribution in [-0.2, 0) is 11.2 Å². The number of benzene rings is 2. The largest absolute Gasteiger partial charge is 0.495 e. The molecule has 2 N–H and O–H groups in total. The highest BCUT2D eigenvalue weighted by atomic mass is 16.5. The van der Waals surface area contributed by atoms with Gasteiger partial charge in [-0.15, -0.1) is 0 Å². The van der Waals surface area contributed by atoms with Crippen molar-refractivity contribution in [1.29, 1.82) is 0 Å². The molecule has 0 saturated heterocycles. The second-order valence-electron chi connectivity index (χ2n) is 4.94. The van der Waals surface area contributed by atoms with E-state index in [9.17, 15) is 10.0 Å². The maximum atomic E-state index is 12.2. The van der Waals surface area contributed by atoms with Gasteiger partial charge >= 0.3 is 0 Å². The lowest BCUT2D eigenvalue weighted by Crippen LogP contribution is -2.14. The minimum atomic E-state index is -0.166. The molecule has 0 atom stereocenters. The van der Waals surface area contributed by atoms with Crippen molar-refractivity contribution in [2.45, 2.75) is 6.42 Å². The molecule has 1 heterocycles. The van der Waals surface area contributed by atoms with Gasteiger partial charge in [0.15, 0.2) is 0 Å². The van der Waals surface area contributed by atoms with Gasteiger partial charge in [-0.1, -0.05) is 30.3 Å². The topological polar surface area (TPSA) is 63.5 Å². The molecule has 0 bridgehead atoms. The smallest absolute Gasteiger partial charge is 0.228 e. The fraction of sp³-hybridized carbons (Fsp3) is 0.118. The van der Waals surface area contributed by atoms with Crippen molar-refractivity contribution in [2.24, 2.45) is 0 Å². The Bertz CT molecular complexity index is 824. The highest BCUT2D eigenvalue weighted by Crippen LogP contribution is 2.24. The number of carbonyl (C=O) groups excluding carboxylic acids is 1. The van der Waals surface area contributed by atoms with Crippen LogP contribution in [0, 0.1) is 0 Å². The van der Waals surface area contributed by atoms with Crippen LogP contribution in [0.4, 0.5) is 5.69 Å². The minimum absolute atomic E-state index is 0.166. The predicted molar refractivity (Wildman–Crippen MR) is 84.5 cm³/mol. The van der Waals surface area contributed by atoms with Gasteiger partial charge < -0.3 is 15.3 Å². The monoisotopic (exact) mass is 296 g/mol. The molecule has 2 aromatic carbocycles. The molecule has 0 aliphatic carbocycles. The van der Waals surface area contributed by atoms with Gasteiger partial charge in [0, 0.05) is 11.6 Å². The lowest BCUT2D eigenvalue weighted by Gasteiger charge is -2.09. The van der Waals surface area contributed by atoms with Crippen LogP contribution in [0.2, 0.25) is 0 Å². The Balaban J connectivity index is 1.82. The first-order valence-electron chi connectivity index (χ1n) is 6.90. The summed E-state index contributed by atoms with van der Waals surface area (Å²) in [5, 5.41) is 13.5. The number of nitrogens with zero attached hydrogens (tertiary/aromatic N) is 1. The van der Waals surface area contributed by atoms with Gasteiger partial charge in [0.25, 0.3) is 0 Å². The molecule has 1 amide bonds. The first-order chi connectivity index (χ1) is 10.7. The average molecular weight is 296 g/mol. The van der Waals surface area contributed by atoms with Gasteiger partial charge in [-0.25, -0.2) is 0 Å². The Hall–Kier alpha value is -2.95. The average Bonchev–Trinajstić information content (AvgIpc) is 2.84. The second kappa shape index (κ2) is 5.81. The van der Waals surface area contributed by atoms with Gasteiger partial charge in [-0.05, 0) is 23.8 Å². The number of nitrogens with one attached hydrogen (secondary N) is 1. The number of anilines is 1. The molecular weight excluding hydrogens is 280 g/mol. The van der Waals surface area contributed by atoms with E-state index in [1.807, 2.05) is 30.3 Å². The number of amides is 1. The molecule has 0 unspecified atom stereocenters. The van der Waals surface area contributed by atoms with Crippen LogP contribution < -0.4 is 10.1 Å². The first kappa shape index (κ1) is 14.0. The number of carbonyl (C=O) groups is 1. The zero-order valence-corrected chi connectivity index (χ0v) is 12.1. The second-order valence-corrected chi connectivity index (χ2v) is 4.94. The van der Waals surface area contributed by atoms with E-state index in [0.29, 0.717) is 17.0 Å². The van der Waals surface area contributed by atoms with Crippen molar-refractivity contribution in [3.8, 4) is 5.75 Å². The van der Waals surface area contributed by atoms with Crippen molar-refractivity contribution < 1.29 is 14.7 Å². The number of ether oxygens (including phenoxy) is 1. The Labute approximate surface area is 127 Å². The summed E-state index contributed by atoms with van der Waals surface area (Å²) in [6.45, 7) is 0. The number of aromatic nitrogens is 1. The Morgan fingerprint density at radius 3 is 2.73 bits per heavy atom. The Kier molecular flexibility index (Phi) is 3.70. The zero-order chi connectivity index (χ0) is 15.5. The van der Waals surface area contributed by atoms with Gasteiger partial charge in [0.1, 0.15) is 5.75 Å². The maximum absolute atomic E-state index is 12.2. The molecule has 112 valence electrons. The quantitative estimate of drug-likeness (QED) is 0.727. The summed E-state index contributed by atoms with van der Waals surface area (Å²) in [6, 6.07) is 14.6. The molecule has 0 aliphatic rings. The molecule has 0 aliphatic heterocycles. The summed E-state index contributed by atoms with van der Waals surface area (Å²) in [5.74, 6) is 0.446. The molecular formula is C17H16N2O3. The van der Waals surface area contributed by atoms with Gasteiger partial charge in [-0.2, -0.15) is 4.73 Å². The molecule has 0 radical (unpaired) electrons. The van der Waals surface area contributed by atoms with Crippen molar-refractivity contribution in [1.82, 2.24) is 4.73 Å². The summed E-state index contributed by atoms with van der Waals surface area (Å²) in [5.41, 5.74) is 2.08. The maximum Gasteiger partial charge on any atom is 0.228 e. The number of fused-ring (bicyclic) bond motifs is 1. The van der Waals surface area contributed by atoms with E-state index in [0.717, 1.165) is 15.7 Å². The standard InChI is InChI=1S/C17H16N2O3/c1-22-16-9-5-3-7-14(16)18-17(20)10-12-11-19(21)15-8-4-2-6-13(12)15/h2-9,11,21H,10H2,1H3,(H,18,20). The minimum Gasteiger partial charge on any atom is -0.495 e. The molecule has 0 fully saturated rings. The Morgan fingerprint density at radius 1 is 1.18 bits per heavy atom. The first-order valence-corrected chi connectivity index (χ1v) is 6.90. The molecule has 22 heavy (non-hydrogen) atoms. The van der Waals surface area contributed by atoms with Crippen LogP contribution in [0.3, 0.4) is 0 Å². The summed E-state index contributed by atoms with van der Waals surface area (Å²) in [6.07, 6.45) is 1.73. The number of hydrogen-bond acceptors (Lipinski definition) is 3. The van der Waals surface area contributed by atoms with Crippen LogP contribution >= 0.6 is 0 Å². The Morgan fingerprint density at radius 2 is 1.91 bits per heavy atom. The SMILES string of the molecule is COc1ccccc1NC(=O)Cc1cn(O)c2ccccc12. The number of hydrogen-bond donors (Lipinski definition) is 2. The summed E-state index contributed by atoms with van der Waals surface area (Å²) < 4.78 is 6.25. The summed E-state index contributed by atoms with van der Waals surface area (Å²) >= 11 is 0. The molecule has 5 nitrogen and oxygen atoms in total. The number of rotatable bonds is 4. The molecule has 3 aromatic rings. The third-order valence-electron chi connectivity index (χ3n) is 3.51.